The molecule has 0 fully saturated rings. The van der Waals surface area contributed by atoms with Crippen molar-refractivity contribution in [1.82, 2.24) is 5.43 Å². The molecule has 136 valence electrons. The zero-order valence-electron chi connectivity index (χ0n) is 14.6. The number of benzene rings is 2. The van der Waals surface area contributed by atoms with Crippen LogP contribution in [0.5, 0.6) is 5.75 Å². The predicted octanol–water partition coefficient (Wildman–Crippen LogP) is 3.93. The average molecular weight is 355 g/mol. The van der Waals surface area contributed by atoms with E-state index in [2.05, 4.69) is 17.5 Å². The first-order chi connectivity index (χ1) is 12.6. The monoisotopic (exact) mass is 355 g/mol. The number of hydrogen-bond acceptors (Lipinski definition) is 5. The highest BCUT2D eigenvalue weighted by Gasteiger charge is 2.10. The van der Waals surface area contributed by atoms with Gasteiger partial charge in [0.05, 0.1) is 17.7 Å². The topological polar surface area (TPSA) is 93.8 Å². The van der Waals surface area contributed by atoms with Crippen LogP contribution in [0, 0.1) is 10.1 Å². The Morgan fingerprint density at radius 2 is 2.00 bits per heavy atom. The van der Waals surface area contributed by atoms with Gasteiger partial charge in [-0.15, -0.1) is 0 Å². The number of unbranched alkanes of at least 4 members (excludes halogenated alkanes) is 2. The van der Waals surface area contributed by atoms with Crippen molar-refractivity contribution in [3.63, 3.8) is 0 Å². The number of carbonyl (C=O) groups excluding carboxylic acids is 1. The van der Waals surface area contributed by atoms with Gasteiger partial charge < -0.3 is 4.74 Å². The van der Waals surface area contributed by atoms with Crippen LogP contribution in [0.3, 0.4) is 0 Å². The number of amides is 1. The van der Waals surface area contributed by atoms with Gasteiger partial charge in [0.25, 0.3) is 11.6 Å². The van der Waals surface area contributed by atoms with Crippen molar-refractivity contribution in [2.75, 3.05) is 6.61 Å². The van der Waals surface area contributed by atoms with E-state index in [0.717, 1.165) is 30.6 Å². The lowest BCUT2D eigenvalue weighted by Crippen LogP contribution is -2.17. The Hall–Kier alpha value is -3.22. The fourth-order valence-electron chi connectivity index (χ4n) is 2.18. The molecule has 7 nitrogen and oxygen atoms in total. The van der Waals surface area contributed by atoms with Gasteiger partial charge in [0.15, 0.2) is 0 Å². The third-order valence-corrected chi connectivity index (χ3v) is 3.60. The fourth-order valence-corrected chi connectivity index (χ4v) is 2.18. The maximum absolute atomic E-state index is 12.0. The summed E-state index contributed by atoms with van der Waals surface area (Å²) in [5.74, 6) is 0.278. The molecular weight excluding hydrogens is 334 g/mol. The average Bonchev–Trinajstić information content (AvgIpc) is 2.66. The maximum Gasteiger partial charge on any atom is 0.271 e. The molecule has 0 saturated carbocycles. The molecule has 0 saturated heterocycles. The van der Waals surface area contributed by atoms with E-state index in [0.29, 0.717) is 6.61 Å². The number of nitro benzene ring substituents is 1. The van der Waals surface area contributed by atoms with Gasteiger partial charge in [0.1, 0.15) is 5.75 Å². The summed E-state index contributed by atoms with van der Waals surface area (Å²) in [6.07, 6.45) is 4.83. The smallest absolute Gasteiger partial charge is 0.271 e. The highest BCUT2D eigenvalue weighted by Crippen LogP contribution is 2.13. The van der Waals surface area contributed by atoms with Crippen LogP contribution >= 0.6 is 0 Å². The molecule has 0 aliphatic rings. The third kappa shape index (κ3) is 6.01. The Labute approximate surface area is 151 Å². The summed E-state index contributed by atoms with van der Waals surface area (Å²) in [7, 11) is 0. The fraction of sp³-hybridized carbons (Fsp3) is 0.263. The van der Waals surface area contributed by atoms with Crippen molar-refractivity contribution >= 4 is 17.8 Å². The van der Waals surface area contributed by atoms with Crippen LogP contribution in [0.2, 0.25) is 0 Å². The zero-order valence-corrected chi connectivity index (χ0v) is 14.6. The second-order valence-electron chi connectivity index (χ2n) is 5.63. The van der Waals surface area contributed by atoms with Crippen molar-refractivity contribution in [3.8, 4) is 5.75 Å². The van der Waals surface area contributed by atoms with Crippen molar-refractivity contribution in [3.05, 3.63) is 69.8 Å². The van der Waals surface area contributed by atoms with Gasteiger partial charge >= 0.3 is 0 Å². The van der Waals surface area contributed by atoms with Crippen LogP contribution in [-0.2, 0) is 0 Å². The van der Waals surface area contributed by atoms with Crippen LogP contribution in [0.4, 0.5) is 5.69 Å². The lowest BCUT2D eigenvalue weighted by atomic mass is 10.2. The molecule has 1 amide bonds. The lowest BCUT2D eigenvalue weighted by Gasteiger charge is -2.05. The Morgan fingerprint density at radius 1 is 1.23 bits per heavy atom. The number of ether oxygens (including phenoxy) is 1. The number of non-ortho nitro benzene ring substituents is 1. The Balaban J connectivity index is 1.86. The highest BCUT2D eigenvalue weighted by atomic mass is 16.6. The van der Waals surface area contributed by atoms with Crippen LogP contribution in [0.15, 0.2) is 53.6 Å². The first-order valence-electron chi connectivity index (χ1n) is 8.41. The molecule has 0 heterocycles. The normalized spacial score (nSPS) is 10.7. The van der Waals surface area contributed by atoms with Gasteiger partial charge in [-0.25, -0.2) is 5.43 Å². The number of hydrogen-bond donors (Lipinski definition) is 1. The third-order valence-electron chi connectivity index (χ3n) is 3.60. The van der Waals surface area contributed by atoms with E-state index in [9.17, 15) is 14.9 Å². The molecule has 2 aromatic carbocycles. The summed E-state index contributed by atoms with van der Waals surface area (Å²) in [5.41, 5.74) is 3.18. The van der Waals surface area contributed by atoms with E-state index < -0.39 is 10.8 Å². The van der Waals surface area contributed by atoms with E-state index in [4.69, 9.17) is 4.74 Å². The Bertz CT molecular complexity index is 773. The minimum absolute atomic E-state index is 0.142. The summed E-state index contributed by atoms with van der Waals surface area (Å²) < 4.78 is 5.62. The first kappa shape index (κ1) is 19.1. The summed E-state index contributed by atoms with van der Waals surface area (Å²) in [6.45, 7) is 2.84. The van der Waals surface area contributed by atoms with Crippen LogP contribution in [0.1, 0.15) is 42.1 Å². The maximum atomic E-state index is 12.0. The Kier molecular flexibility index (Phi) is 7.30. The van der Waals surface area contributed by atoms with Gasteiger partial charge in [0.2, 0.25) is 0 Å². The second kappa shape index (κ2) is 9.93. The van der Waals surface area contributed by atoms with Crippen molar-refractivity contribution in [2.24, 2.45) is 5.10 Å². The molecule has 0 spiro atoms. The van der Waals surface area contributed by atoms with E-state index in [1.807, 2.05) is 24.3 Å². The number of hydrazone groups is 1. The molecule has 0 bridgehead atoms. The van der Waals surface area contributed by atoms with Crippen molar-refractivity contribution in [2.45, 2.75) is 26.2 Å². The van der Waals surface area contributed by atoms with Gasteiger partial charge in [-0.3, -0.25) is 14.9 Å². The zero-order chi connectivity index (χ0) is 18.8. The second-order valence-corrected chi connectivity index (χ2v) is 5.63. The van der Waals surface area contributed by atoms with Gasteiger partial charge in [-0.2, -0.15) is 5.10 Å². The molecule has 0 radical (unpaired) electrons. The van der Waals surface area contributed by atoms with Crippen molar-refractivity contribution < 1.29 is 14.5 Å². The summed E-state index contributed by atoms with van der Waals surface area (Å²) in [4.78, 5) is 22.2. The van der Waals surface area contributed by atoms with Gasteiger partial charge in [0, 0.05) is 17.7 Å². The molecule has 2 rings (SSSR count). The summed E-state index contributed by atoms with van der Waals surface area (Å²) >= 11 is 0. The minimum Gasteiger partial charge on any atom is -0.494 e. The highest BCUT2D eigenvalue weighted by molar-refractivity contribution is 5.95. The van der Waals surface area contributed by atoms with Crippen LogP contribution < -0.4 is 10.2 Å². The number of nitrogens with zero attached hydrogens (tertiary/aromatic N) is 2. The van der Waals surface area contributed by atoms with E-state index in [1.54, 1.807) is 0 Å². The van der Waals surface area contributed by atoms with E-state index >= 15 is 0 Å². The number of rotatable bonds is 9. The standard InChI is InChI=1S/C19H21N3O4/c1-2-3-4-12-26-18-10-8-15(9-11-18)14-20-21-19(23)16-6-5-7-17(13-16)22(24)25/h5-11,13-14H,2-4,12H2,1H3,(H,21,23)/b20-14+. The molecule has 1 N–H and O–H groups in total. The molecule has 7 heteroatoms. The largest absolute Gasteiger partial charge is 0.494 e. The van der Waals surface area contributed by atoms with E-state index in [1.165, 1.54) is 30.5 Å². The minimum atomic E-state index is -0.550. The molecule has 2 aromatic rings. The quantitative estimate of drug-likeness (QED) is 0.319. The van der Waals surface area contributed by atoms with Gasteiger partial charge in [-0.05, 0) is 42.3 Å². The molecule has 0 unspecified atom stereocenters. The van der Waals surface area contributed by atoms with Crippen molar-refractivity contribution in [1.29, 1.82) is 0 Å². The molecule has 0 aromatic heterocycles. The lowest BCUT2D eigenvalue weighted by molar-refractivity contribution is -0.384. The summed E-state index contributed by atoms with van der Waals surface area (Å²) in [6, 6.07) is 12.8. The molecule has 0 aliphatic carbocycles. The van der Waals surface area contributed by atoms with E-state index in [-0.39, 0.29) is 11.3 Å². The Morgan fingerprint density at radius 3 is 2.69 bits per heavy atom. The SMILES string of the molecule is CCCCCOc1ccc(/C=N/NC(=O)c2cccc([N+](=O)[O-])c2)cc1. The molecular formula is C19H21N3O4. The predicted molar refractivity (Wildman–Crippen MR) is 99.6 cm³/mol. The number of nitro groups is 1. The number of nitrogens with one attached hydrogen (secondary N) is 1. The molecule has 26 heavy (non-hydrogen) atoms. The first-order valence-corrected chi connectivity index (χ1v) is 8.41. The molecule has 0 atom stereocenters. The van der Waals surface area contributed by atoms with Crippen LogP contribution in [0.25, 0.3) is 0 Å². The van der Waals surface area contributed by atoms with Crippen LogP contribution in [-0.4, -0.2) is 23.7 Å². The summed E-state index contributed by atoms with van der Waals surface area (Å²) in [5, 5.41) is 14.6. The number of carbonyl (C=O) groups is 1. The molecule has 0 aliphatic heterocycles. The van der Waals surface area contributed by atoms with Gasteiger partial charge in [-0.1, -0.05) is 25.8 Å².